The standard InChI is InChI=1S/C12H10BrF2NO/c1-16-6-10-7(4-5-17-10)11-9(14)3-2-8(13)12(11)15/h2-5,16H,6H2,1H3. The number of nitrogens with one attached hydrogen (secondary N) is 1. The molecule has 0 amide bonds. The summed E-state index contributed by atoms with van der Waals surface area (Å²) in [5.74, 6) is -0.725. The maximum Gasteiger partial charge on any atom is 0.148 e. The van der Waals surface area contributed by atoms with E-state index in [4.69, 9.17) is 4.42 Å². The fraction of sp³-hybridized carbons (Fsp3) is 0.167. The van der Waals surface area contributed by atoms with Crippen LogP contribution < -0.4 is 5.32 Å². The Hall–Kier alpha value is -1.20. The lowest BCUT2D eigenvalue weighted by atomic mass is 10.0. The maximum atomic E-state index is 13.9. The average molecular weight is 302 g/mol. The quantitative estimate of drug-likeness (QED) is 0.874. The first-order valence-corrected chi connectivity index (χ1v) is 5.79. The first-order chi connectivity index (χ1) is 8.15. The zero-order valence-electron chi connectivity index (χ0n) is 9.06. The smallest absolute Gasteiger partial charge is 0.148 e. The van der Waals surface area contributed by atoms with E-state index in [0.29, 0.717) is 17.9 Å². The highest BCUT2D eigenvalue weighted by atomic mass is 79.9. The number of hydrogen-bond donors (Lipinski definition) is 1. The van der Waals surface area contributed by atoms with E-state index in [1.165, 1.54) is 18.4 Å². The van der Waals surface area contributed by atoms with Crippen molar-refractivity contribution >= 4 is 15.9 Å². The summed E-state index contributed by atoms with van der Waals surface area (Å²) in [6, 6.07) is 4.12. The zero-order valence-corrected chi connectivity index (χ0v) is 10.6. The van der Waals surface area contributed by atoms with Gasteiger partial charge < -0.3 is 9.73 Å². The van der Waals surface area contributed by atoms with Crippen molar-refractivity contribution in [3.63, 3.8) is 0 Å². The number of benzene rings is 1. The molecule has 0 fully saturated rings. The first-order valence-electron chi connectivity index (χ1n) is 5.00. The van der Waals surface area contributed by atoms with Gasteiger partial charge in [0.25, 0.3) is 0 Å². The minimum absolute atomic E-state index is 0.0709. The summed E-state index contributed by atoms with van der Waals surface area (Å²) in [5, 5.41) is 2.88. The molecule has 0 unspecified atom stereocenters. The van der Waals surface area contributed by atoms with Gasteiger partial charge in [-0.1, -0.05) is 0 Å². The summed E-state index contributed by atoms with van der Waals surface area (Å²) >= 11 is 3.04. The van der Waals surface area contributed by atoms with Gasteiger partial charge in [-0.05, 0) is 41.2 Å². The predicted molar refractivity (Wildman–Crippen MR) is 64.5 cm³/mol. The van der Waals surface area contributed by atoms with Crippen molar-refractivity contribution in [1.29, 1.82) is 0 Å². The molecule has 0 bridgehead atoms. The molecule has 5 heteroatoms. The molecule has 0 aliphatic rings. The molecule has 90 valence electrons. The van der Waals surface area contributed by atoms with Gasteiger partial charge in [-0.25, -0.2) is 8.78 Å². The van der Waals surface area contributed by atoms with Crippen LogP contribution in [0.25, 0.3) is 11.1 Å². The second-order valence-electron chi connectivity index (χ2n) is 3.51. The minimum Gasteiger partial charge on any atom is -0.467 e. The summed E-state index contributed by atoms with van der Waals surface area (Å²) in [4.78, 5) is 0. The Kier molecular flexibility index (Phi) is 3.59. The molecule has 0 saturated carbocycles. The second kappa shape index (κ2) is 4.98. The van der Waals surface area contributed by atoms with Crippen LogP contribution in [0.5, 0.6) is 0 Å². The third-order valence-electron chi connectivity index (χ3n) is 2.40. The molecule has 0 atom stereocenters. The molecule has 1 aromatic carbocycles. The Morgan fingerprint density at radius 2 is 2.06 bits per heavy atom. The van der Waals surface area contributed by atoms with Crippen LogP contribution >= 0.6 is 15.9 Å². The van der Waals surface area contributed by atoms with Crippen molar-refractivity contribution in [2.24, 2.45) is 0 Å². The zero-order chi connectivity index (χ0) is 12.4. The van der Waals surface area contributed by atoms with Gasteiger partial charge in [-0.3, -0.25) is 0 Å². The second-order valence-corrected chi connectivity index (χ2v) is 4.36. The third kappa shape index (κ3) is 2.25. The third-order valence-corrected chi connectivity index (χ3v) is 3.01. The lowest BCUT2D eigenvalue weighted by Crippen LogP contribution is -2.05. The number of hydrogen-bond acceptors (Lipinski definition) is 2. The van der Waals surface area contributed by atoms with E-state index in [1.807, 2.05) is 0 Å². The summed E-state index contributed by atoms with van der Waals surface area (Å²) < 4.78 is 33.0. The van der Waals surface area contributed by atoms with Crippen molar-refractivity contribution in [2.45, 2.75) is 6.54 Å². The van der Waals surface area contributed by atoms with Crippen LogP contribution in [0.1, 0.15) is 5.76 Å². The number of rotatable bonds is 3. The molecule has 0 radical (unpaired) electrons. The molecule has 17 heavy (non-hydrogen) atoms. The van der Waals surface area contributed by atoms with Crippen molar-refractivity contribution in [2.75, 3.05) is 7.05 Å². The van der Waals surface area contributed by atoms with Crippen LogP contribution in [-0.4, -0.2) is 7.05 Å². The van der Waals surface area contributed by atoms with Crippen LogP contribution in [-0.2, 0) is 6.54 Å². The molecular weight excluding hydrogens is 292 g/mol. The van der Waals surface area contributed by atoms with E-state index in [0.717, 1.165) is 0 Å². The lowest BCUT2D eigenvalue weighted by Gasteiger charge is -2.06. The molecular formula is C12H10BrF2NO. The summed E-state index contributed by atoms with van der Waals surface area (Å²) in [6.45, 7) is 0.410. The van der Waals surface area contributed by atoms with Gasteiger partial charge in [0.2, 0.25) is 0 Å². The van der Waals surface area contributed by atoms with Crippen LogP contribution in [0.2, 0.25) is 0 Å². The highest BCUT2D eigenvalue weighted by molar-refractivity contribution is 9.10. The summed E-state index contributed by atoms with van der Waals surface area (Å²) in [7, 11) is 1.74. The molecule has 0 saturated heterocycles. The number of halogens is 3. The molecule has 0 spiro atoms. The normalized spacial score (nSPS) is 10.8. The molecule has 1 N–H and O–H groups in total. The van der Waals surface area contributed by atoms with Gasteiger partial charge in [0.1, 0.15) is 17.4 Å². The van der Waals surface area contributed by atoms with E-state index in [-0.39, 0.29) is 10.0 Å². The largest absolute Gasteiger partial charge is 0.467 e. The Morgan fingerprint density at radius 1 is 1.29 bits per heavy atom. The minimum atomic E-state index is -0.622. The van der Waals surface area contributed by atoms with Gasteiger partial charge >= 0.3 is 0 Å². The molecule has 2 aromatic rings. The van der Waals surface area contributed by atoms with E-state index in [9.17, 15) is 8.78 Å². The van der Waals surface area contributed by atoms with E-state index in [2.05, 4.69) is 21.2 Å². The molecule has 2 nitrogen and oxygen atoms in total. The average Bonchev–Trinajstić information content (AvgIpc) is 2.73. The Bertz CT molecular complexity index is 539. The van der Waals surface area contributed by atoms with Gasteiger partial charge in [0, 0.05) is 5.56 Å². The van der Waals surface area contributed by atoms with E-state index in [1.54, 1.807) is 13.1 Å². The summed E-state index contributed by atoms with van der Waals surface area (Å²) in [6.07, 6.45) is 1.42. The maximum absolute atomic E-state index is 13.9. The van der Waals surface area contributed by atoms with Crippen molar-refractivity contribution < 1.29 is 13.2 Å². The molecule has 0 aliphatic carbocycles. The van der Waals surface area contributed by atoms with Crippen molar-refractivity contribution in [3.8, 4) is 11.1 Å². The Morgan fingerprint density at radius 3 is 2.76 bits per heavy atom. The van der Waals surface area contributed by atoms with Crippen LogP contribution in [0.4, 0.5) is 8.78 Å². The fourth-order valence-corrected chi connectivity index (χ4v) is 1.97. The predicted octanol–water partition coefficient (Wildman–Crippen LogP) is 3.71. The van der Waals surface area contributed by atoms with Crippen LogP contribution in [0, 0.1) is 11.6 Å². The Labute approximate surface area is 106 Å². The van der Waals surface area contributed by atoms with Crippen molar-refractivity contribution in [1.82, 2.24) is 5.32 Å². The monoisotopic (exact) mass is 301 g/mol. The lowest BCUT2D eigenvalue weighted by molar-refractivity contribution is 0.495. The van der Waals surface area contributed by atoms with Gasteiger partial charge in [0.05, 0.1) is 22.8 Å². The van der Waals surface area contributed by atoms with Crippen LogP contribution in [0.15, 0.2) is 33.4 Å². The fourth-order valence-electron chi connectivity index (χ4n) is 1.63. The molecule has 1 heterocycles. The van der Waals surface area contributed by atoms with Gasteiger partial charge in [-0.15, -0.1) is 0 Å². The van der Waals surface area contributed by atoms with Gasteiger partial charge in [0.15, 0.2) is 0 Å². The van der Waals surface area contributed by atoms with Crippen LogP contribution in [0.3, 0.4) is 0 Å². The van der Waals surface area contributed by atoms with E-state index >= 15 is 0 Å². The first kappa shape index (κ1) is 12.3. The van der Waals surface area contributed by atoms with E-state index < -0.39 is 11.6 Å². The van der Waals surface area contributed by atoms with Crippen molar-refractivity contribution in [3.05, 3.63) is 46.3 Å². The Balaban J connectivity index is 2.60. The van der Waals surface area contributed by atoms with Gasteiger partial charge in [-0.2, -0.15) is 0 Å². The highest BCUT2D eigenvalue weighted by Crippen LogP contribution is 2.33. The molecule has 0 aliphatic heterocycles. The number of furan rings is 1. The SMILES string of the molecule is CNCc1occc1-c1c(F)ccc(Br)c1F. The molecule has 1 aromatic heterocycles. The molecule has 2 rings (SSSR count). The topological polar surface area (TPSA) is 25.2 Å². The highest BCUT2D eigenvalue weighted by Gasteiger charge is 2.18. The summed E-state index contributed by atoms with van der Waals surface area (Å²) in [5.41, 5.74) is 0.356.